The fourth-order valence-corrected chi connectivity index (χ4v) is 3.91. The minimum Gasteiger partial charge on any atom is -0.449 e. The van der Waals surface area contributed by atoms with Gasteiger partial charge in [-0.2, -0.15) is 18.3 Å². The van der Waals surface area contributed by atoms with E-state index in [-0.39, 0.29) is 16.9 Å². The highest BCUT2D eigenvalue weighted by molar-refractivity contribution is 6.11. The van der Waals surface area contributed by atoms with Crippen molar-refractivity contribution in [2.45, 2.75) is 33.1 Å². The van der Waals surface area contributed by atoms with Gasteiger partial charge in [0.05, 0.1) is 34.0 Å². The van der Waals surface area contributed by atoms with Crippen LogP contribution < -0.4 is 10.2 Å². The molecule has 0 bridgehead atoms. The molecule has 0 fully saturated rings. The third kappa shape index (κ3) is 4.61. The van der Waals surface area contributed by atoms with Crippen molar-refractivity contribution in [2.75, 3.05) is 16.8 Å². The quantitative estimate of drug-likeness (QED) is 0.562. The van der Waals surface area contributed by atoms with Crippen molar-refractivity contribution in [3.8, 4) is 5.69 Å². The second-order valence-electron chi connectivity index (χ2n) is 8.04. The van der Waals surface area contributed by atoms with E-state index < -0.39 is 42.2 Å². The van der Waals surface area contributed by atoms with Gasteiger partial charge in [-0.1, -0.05) is 18.2 Å². The van der Waals surface area contributed by atoms with Crippen molar-refractivity contribution in [1.82, 2.24) is 9.78 Å². The van der Waals surface area contributed by atoms with Crippen LogP contribution in [0.1, 0.15) is 34.2 Å². The summed E-state index contributed by atoms with van der Waals surface area (Å²) in [6.07, 6.45) is -5.93. The summed E-state index contributed by atoms with van der Waals surface area (Å²) in [6.45, 7) is 4.24. The molecule has 1 aliphatic heterocycles. The molecule has 1 aliphatic rings. The molecule has 182 valence electrons. The summed E-state index contributed by atoms with van der Waals surface area (Å²) in [5.41, 5.74) is 0.810. The van der Waals surface area contributed by atoms with E-state index in [1.807, 2.05) is 30.3 Å². The average molecular weight is 486 g/mol. The van der Waals surface area contributed by atoms with Gasteiger partial charge in [0.15, 0.2) is 6.10 Å². The number of fused-ring (bicyclic) bond motifs is 1. The number of aromatic nitrogens is 2. The Kier molecular flexibility index (Phi) is 6.10. The minimum absolute atomic E-state index is 0.0785. The Morgan fingerprint density at radius 3 is 2.46 bits per heavy atom. The van der Waals surface area contributed by atoms with Gasteiger partial charge in [0.2, 0.25) is 5.91 Å². The molecule has 2 aromatic carbocycles. The number of hydrogen-bond acceptors (Lipinski definition) is 5. The molecule has 1 N–H and O–H groups in total. The summed E-state index contributed by atoms with van der Waals surface area (Å²) < 4.78 is 46.2. The molecule has 35 heavy (non-hydrogen) atoms. The first-order chi connectivity index (χ1) is 16.5. The number of aryl methyl sites for hydroxylation is 1. The Bertz CT molecular complexity index is 1320. The first-order valence-electron chi connectivity index (χ1n) is 10.6. The second kappa shape index (κ2) is 8.90. The van der Waals surface area contributed by atoms with Crippen LogP contribution in [-0.2, 0) is 20.5 Å². The van der Waals surface area contributed by atoms with Crippen LogP contribution in [0.5, 0.6) is 0 Å². The molecule has 0 saturated carbocycles. The number of rotatable bonds is 4. The standard InChI is InChI=1S/C24H21F3N4O4/c1-13-21(14(2)31(29-13)17-7-5-4-6-8-17)23(34)35-15(3)22(33)30-12-20(32)28-18-11-16(24(25,26)27)9-10-19(18)30/h4-11,15H,12H2,1-3H3,(H,28,32). The van der Waals surface area contributed by atoms with Crippen LogP contribution in [0.3, 0.4) is 0 Å². The van der Waals surface area contributed by atoms with Gasteiger partial charge >= 0.3 is 12.1 Å². The summed E-state index contributed by atoms with van der Waals surface area (Å²) in [5, 5.41) is 6.73. The number of esters is 1. The predicted molar refractivity (Wildman–Crippen MR) is 120 cm³/mol. The smallest absolute Gasteiger partial charge is 0.416 e. The average Bonchev–Trinajstić information content (AvgIpc) is 3.11. The highest BCUT2D eigenvalue weighted by Gasteiger charge is 2.36. The predicted octanol–water partition coefficient (Wildman–Crippen LogP) is 4.04. The SMILES string of the molecule is Cc1nn(-c2ccccc2)c(C)c1C(=O)OC(C)C(=O)N1CC(=O)Nc2cc(C(F)(F)F)ccc21. The summed E-state index contributed by atoms with van der Waals surface area (Å²) >= 11 is 0. The van der Waals surface area contributed by atoms with Crippen molar-refractivity contribution in [1.29, 1.82) is 0 Å². The number of ether oxygens (including phenoxy) is 1. The van der Waals surface area contributed by atoms with E-state index in [4.69, 9.17) is 4.74 Å². The van der Waals surface area contributed by atoms with Crippen LogP contribution in [-0.4, -0.2) is 40.2 Å². The number of amides is 2. The lowest BCUT2D eigenvalue weighted by Crippen LogP contribution is -2.47. The van der Waals surface area contributed by atoms with Crippen LogP contribution in [0.25, 0.3) is 5.69 Å². The maximum atomic E-state index is 13.1. The number of para-hydroxylation sites is 1. The monoisotopic (exact) mass is 486 g/mol. The minimum atomic E-state index is -4.62. The van der Waals surface area contributed by atoms with Gasteiger partial charge in [-0.3, -0.25) is 14.5 Å². The molecule has 1 aromatic heterocycles. The van der Waals surface area contributed by atoms with E-state index in [1.165, 1.54) is 6.92 Å². The molecule has 8 nitrogen and oxygen atoms in total. The highest BCUT2D eigenvalue weighted by atomic mass is 19.4. The number of nitrogens with zero attached hydrogens (tertiary/aromatic N) is 3. The van der Waals surface area contributed by atoms with Crippen LogP contribution in [0.15, 0.2) is 48.5 Å². The van der Waals surface area contributed by atoms with Crippen molar-refractivity contribution in [2.24, 2.45) is 0 Å². The number of nitrogens with one attached hydrogen (secondary N) is 1. The summed E-state index contributed by atoms with van der Waals surface area (Å²) in [6, 6.07) is 11.8. The van der Waals surface area contributed by atoms with E-state index in [2.05, 4.69) is 10.4 Å². The van der Waals surface area contributed by atoms with Gasteiger partial charge in [0.1, 0.15) is 12.1 Å². The number of alkyl halides is 3. The number of benzene rings is 2. The van der Waals surface area contributed by atoms with Crippen LogP contribution in [0.2, 0.25) is 0 Å². The number of hydrogen-bond donors (Lipinski definition) is 1. The van der Waals surface area contributed by atoms with Gasteiger partial charge in [0.25, 0.3) is 5.91 Å². The van der Waals surface area contributed by atoms with Crippen LogP contribution in [0.4, 0.5) is 24.5 Å². The molecule has 0 saturated heterocycles. The zero-order valence-corrected chi connectivity index (χ0v) is 19.0. The van der Waals surface area contributed by atoms with E-state index in [1.54, 1.807) is 18.5 Å². The van der Waals surface area contributed by atoms with E-state index in [9.17, 15) is 27.6 Å². The summed E-state index contributed by atoms with van der Waals surface area (Å²) in [4.78, 5) is 39.1. The lowest BCUT2D eigenvalue weighted by atomic mass is 10.1. The molecule has 2 heterocycles. The summed E-state index contributed by atoms with van der Waals surface area (Å²) in [7, 11) is 0. The van der Waals surface area contributed by atoms with Gasteiger partial charge in [-0.25, -0.2) is 9.48 Å². The van der Waals surface area contributed by atoms with E-state index in [0.717, 1.165) is 28.8 Å². The van der Waals surface area contributed by atoms with Gasteiger partial charge in [-0.05, 0) is 51.1 Å². The number of halogens is 3. The largest absolute Gasteiger partial charge is 0.449 e. The van der Waals surface area contributed by atoms with E-state index >= 15 is 0 Å². The van der Waals surface area contributed by atoms with Gasteiger partial charge < -0.3 is 10.1 Å². The number of carbonyl (C=O) groups is 3. The Hall–Kier alpha value is -4.15. The molecule has 0 radical (unpaired) electrons. The molecule has 1 unspecified atom stereocenters. The third-order valence-electron chi connectivity index (χ3n) is 5.58. The molecule has 0 aliphatic carbocycles. The zero-order chi connectivity index (χ0) is 25.5. The van der Waals surface area contributed by atoms with E-state index in [0.29, 0.717) is 11.4 Å². The second-order valence-corrected chi connectivity index (χ2v) is 8.04. The normalized spacial score (nSPS) is 14.2. The van der Waals surface area contributed by atoms with Crippen LogP contribution >= 0.6 is 0 Å². The molecule has 2 amide bonds. The Morgan fingerprint density at radius 1 is 1.11 bits per heavy atom. The lowest BCUT2D eigenvalue weighted by Gasteiger charge is -2.31. The van der Waals surface area contributed by atoms with Crippen molar-refractivity contribution in [3.63, 3.8) is 0 Å². The first kappa shape index (κ1) is 24.0. The summed E-state index contributed by atoms with van der Waals surface area (Å²) in [5.74, 6) is -2.20. The maximum absolute atomic E-state index is 13.1. The van der Waals surface area contributed by atoms with Gasteiger partial charge in [-0.15, -0.1) is 0 Å². The fourth-order valence-electron chi connectivity index (χ4n) is 3.91. The zero-order valence-electron chi connectivity index (χ0n) is 19.0. The molecular formula is C24H21F3N4O4. The molecule has 3 aromatic rings. The first-order valence-corrected chi connectivity index (χ1v) is 10.6. The van der Waals surface area contributed by atoms with Crippen molar-refractivity contribution >= 4 is 29.2 Å². The fraction of sp³-hybridized carbons (Fsp3) is 0.250. The number of anilines is 2. The molecule has 4 rings (SSSR count). The van der Waals surface area contributed by atoms with Crippen LogP contribution in [0, 0.1) is 13.8 Å². The molecule has 1 atom stereocenters. The Balaban J connectivity index is 1.56. The Morgan fingerprint density at radius 2 is 1.80 bits per heavy atom. The van der Waals surface area contributed by atoms with Crippen molar-refractivity contribution in [3.05, 3.63) is 71.0 Å². The molecule has 0 spiro atoms. The van der Waals surface area contributed by atoms with Gasteiger partial charge in [0, 0.05) is 0 Å². The Labute approximate surface area is 198 Å². The highest BCUT2D eigenvalue weighted by Crippen LogP contribution is 2.37. The number of carbonyl (C=O) groups excluding carboxylic acids is 3. The topological polar surface area (TPSA) is 93.5 Å². The molecular weight excluding hydrogens is 465 g/mol. The van der Waals surface area contributed by atoms with Crippen molar-refractivity contribution < 1.29 is 32.3 Å². The third-order valence-corrected chi connectivity index (χ3v) is 5.58. The maximum Gasteiger partial charge on any atom is 0.416 e. The lowest BCUT2D eigenvalue weighted by molar-refractivity contribution is -0.137. The molecule has 11 heteroatoms.